The van der Waals surface area contributed by atoms with E-state index < -0.39 is 10.0 Å². The number of hydrogen-bond donors (Lipinski definition) is 0. The van der Waals surface area contributed by atoms with E-state index >= 15 is 0 Å². The number of ether oxygens (including phenoxy) is 2. The molecule has 0 unspecified atom stereocenters. The lowest BCUT2D eigenvalue weighted by Crippen LogP contribution is -2.43. The molecule has 1 aromatic rings. The van der Waals surface area contributed by atoms with Crippen LogP contribution in [0.1, 0.15) is 49.7 Å². The second-order valence-electron chi connectivity index (χ2n) is 10.7. The molecule has 204 valence electrons. The predicted octanol–water partition coefficient (Wildman–Crippen LogP) is 3.31. The second-order valence-corrected chi connectivity index (χ2v) is 12.7. The molecule has 0 atom stereocenters. The Morgan fingerprint density at radius 2 is 1.56 bits per heavy atom. The molecule has 1 saturated heterocycles. The Balaban J connectivity index is 1.42. The molecule has 2 fully saturated rings. The molecule has 0 radical (unpaired) electrons. The summed E-state index contributed by atoms with van der Waals surface area (Å²) >= 11 is 0. The van der Waals surface area contributed by atoms with Gasteiger partial charge in [0.1, 0.15) is 12.4 Å². The van der Waals surface area contributed by atoms with Crippen LogP contribution in [0.5, 0.6) is 5.75 Å². The number of amides is 1. The van der Waals surface area contributed by atoms with Gasteiger partial charge >= 0.3 is 0 Å². The monoisotopic (exact) mass is 523 g/mol. The molecule has 0 aromatic heterocycles. The van der Waals surface area contributed by atoms with E-state index in [-0.39, 0.29) is 36.6 Å². The molecule has 0 bridgehead atoms. The molecule has 1 saturated carbocycles. The molecule has 1 aromatic carbocycles. The Morgan fingerprint density at radius 1 is 1.00 bits per heavy atom. The van der Waals surface area contributed by atoms with Crippen molar-refractivity contribution in [3.05, 3.63) is 23.3 Å². The Morgan fingerprint density at radius 3 is 2.11 bits per heavy atom. The van der Waals surface area contributed by atoms with Gasteiger partial charge in [-0.05, 0) is 108 Å². The number of likely N-dealkylation sites (N-methyl/N-ethyl adjacent to an activating group) is 2. The number of nitrogens with zero attached hydrogens (tertiary/aromatic N) is 3. The van der Waals surface area contributed by atoms with Crippen LogP contribution in [-0.4, -0.2) is 95.6 Å². The van der Waals surface area contributed by atoms with E-state index in [4.69, 9.17) is 9.47 Å². The van der Waals surface area contributed by atoms with Crippen molar-refractivity contribution in [2.75, 3.05) is 61.1 Å². The molecule has 0 spiro atoms. The van der Waals surface area contributed by atoms with Gasteiger partial charge in [-0.25, -0.2) is 8.42 Å². The SMILES string of the molecule is COc1cc(C)c(S(=O)(=O)N(C)CCOCC(=O)N(C)C2CCC(C3CCN(C)CC3)CC2)c(C)c1. The molecule has 1 aliphatic carbocycles. The number of benzene rings is 1. The minimum atomic E-state index is -3.68. The first kappa shape index (κ1) is 28.9. The van der Waals surface area contributed by atoms with Crippen LogP contribution in [0.4, 0.5) is 0 Å². The maximum absolute atomic E-state index is 13.1. The van der Waals surface area contributed by atoms with Crippen molar-refractivity contribution < 1.29 is 22.7 Å². The summed E-state index contributed by atoms with van der Waals surface area (Å²) in [5.74, 6) is 2.23. The number of hydrogen-bond acceptors (Lipinski definition) is 6. The molecule has 9 heteroatoms. The lowest BCUT2D eigenvalue weighted by atomic mass is 9.74. The number of piperidine rings is 1. The molecular weight excluding hydrogens is 478 g/mol. The number of likely N-dealkylation sites (tertiary alicyclic amines) is 1. The lowest BCUT2D eigenvalue weighted by Gasteiger charge is -2.40. The zero-order chi connectivity index (χ0) is 26.5. The largest absolute Gasteiger partial charge is 0.497 e. The highest BCUT2D eigenvalue weighted by molar-refractivity contribution is 7.89. The van der Waals surface area contributed by atoms with Crippen LogP contribution in [0.3, 0.4) is 0 Å². The van der Waals surface area contributed by atoms with Crippen LogP contribution in [0, 0.1) is 25.7 Å². The number of carbonyl (C=O) groups excluding carboxylic acids is 1. The molecule has 3 rings (SSSR count). The third-order valence-electron chi connectivity index (χ3n) is 8.23. The number of sulfonamides is 1. The Bertz CT molecular complexity index is 960. The molecule has 0 N–H and O–H groups in total. The van der Waals surface area contributed by atoms with Crippen molar-refractivity contribution in [3.63, 3.8) is 0 Å². The maximum atomic E-state index is 13.1. The van der Waals surface area contributed by atoms with Gasteiger partial charge in [0, 0.05) is 26.7 Å². The third kappa shape index (κ3) is 7.00. The highest BCUT2D eigenvalue weighted by Crippen LogP contribution is 2.36. The van der Waals surface area contributed by atoms with Crippen LogP contribution < -0.4 is 4.74 Å². The second kappa shape index (κ2) is 12.7. The summed E-state index contributed by atoms with van der Waals surface area (Å²) in [4.78, 5) is 17.3. The van der Waals surface area contributed by atoms with Gasteiger partial charge in [0.05, 0.1) is 18.6 Å². The van der Waals surface area contributed by atoms with E-state index in [1.165, 1.54) is 43.1 Å². The van der Waals surface area contributed by atoms with Crippen molar-refractivity contribution in [1.29, 1.82) is 0 Å². The van der Waals surface area contributed by atoms with Crippen molar-refractivity contribution in [2.24, 2.45) is 11.8 Å². The zero-order valence-electron chi connectivity index (χ0n) is 23.0. The molecule has 8 nitrogen and oxygen atoms in total. The predicted molar refractivity (Wildman–Crippen MR) is 142 cm³/mol. The minimum absolute atomic E-state index is 0.0279. The van der Waals surface area contributed by atoms with Gasteiger partial charge in [-0.2, -0.15) is 4.31 Å². The first-order valence-corrected chi connectivity index (χ1v) is 14.6. The van der Waals surface area contributed by atoms with Gasteiger partial charge in [-0.3, -0.25) is 4.79 Å². The highest BCUT2D eigenvalue weighted by atomic mass is 32.2. The minimum Gasteiger partial charge on any atom is -0.497 e. The van der Waals surface area contributed by atoms with E-state index in [1.807, 2.05) is 11.9 Å². The van der Waals surface area contributed by atoms with E-state index in [0.717, 1.165) is 24.7 Å². The fraction of sp³-hybridized carbons (Fsp3) is 0.741. The maximum Gasteiger partial charge on any atom is 0.248 e. The van der Waals surface area contributed by atoms with Gasteiger partial charge in [-0.15, -0.1) is 0 Å². The summed E-state index contributed by atoms with van der Waals surface area (Å²) in [6.45, 7) is 6.25. The smallest absolute Gasteiger partial charge is 0.248 e. The summed E-state index contributed by atoms with van der Waals surface area (Å²) in [5, 5.41) is 0. The Hall–Kier alpha value is -1.68. The summed E-state index contributed by atoms with van der Waals surface area (Å²) in [6.07, 6.45) is 7.11. The normalized spacial score (nSPS) is 22.1. The first-order valence-electron chi connectivity index (χ1n) is 13.2. The quantitative estimate of drug-likeness (QED) is 0.438. The average Bonchev–Trinajstić information content (AvgIpc) is 2.85. The summed E-state index contributed by atoms with van der Waals surface area (Å²) < 4.78 is 38.4. The van der Waals surface area contributed by atoms with E-state index in [9.17, 15) is 13.2 Å². The number of carbonyl (C=O) groups is 1. The van der Waals surface area contributed by atoms with Crippen molar-refractivity contribution >= 4 is 15.9 Å². The molecule has 1 aliphatic heterocycles. The number of rotatable bonds is 10. The molecule has 1 heterocycles. The summed E-state index contributed by atoms with van der Waals surface area (Å²) in [6, 6.07) is 3.72. The van der Waals surface area contributed by atoms with Crippen molar-refractivity contribution in [3.8, 4) is 5.75 Å². The van der Waals surface area contributed by atoms with Crippen molar-refractivity contribution in [1.82, 2.24) is 14.1 Å². The van der Waals surface area contributed by atoms with Gasteiger partial charge in [0.15, 0.2) is 0 Å². The standard InChI is InChI=1S/C27H45N3O5S/c1-20-17-25(34-6)18-21(2)27(20)36(32,33)29(4)15-16-35-19-26(31)30(5)24-9-7-22(8-10-24)23-11-13-28(3)14-12-23/h17-18,22-24H,7-16,19H2,1-6H3. The van der Waals surface area contributed by atoms with Gasteiger partial charge in [-0.1, -0.05) is 0 Å². The third-order valence-corrected chi connectivity index (χ3v) is 10.4. The Labute approximate surface area is 218 Å². The average molecular weight is 524 g/mol. The first-order chi connectivity index (χ1) is 17.0. The van der Waals surface area contributed by atoms with Crippen LogP contribution in [0.15, 0.2) is 17.0 Å². The topological polar surface area (TPSA) is 79.4 Å². The molecule has 1 amide bonds. The van der Waals surface area contributed by atoms with Crippen LogP contribution >= 0.6 is 0 Å². The van der Waals surface area contributed by atoms with Gasteiger partial charge in [0.2, 0.25) is 15.9 Å². The Kier molecular flexibility index (Phi) is 10.2. The zero-order valence-corrected chi connectivity index (χ0v) is 23.8. The highest BCUT2D eigenvalue weighted by Gasteiger charge is 2.32. The van der Waals surface area contributed by atoms with Crippen LogP contribution in [0.25, 0.3) is 0 Å². The number of aryl methyl sites for hydroxylation is 2. The molecular formula is C27H45N3O5S. The van der Waals surface area contributed by atoms with Gasteiger partial charge < -0.3 is 19.3 Å². The van der Waals surface area contributed by atoms with E-state index in [0.29, 0.717) is 16.9 Å². The number of methoxy groups -OCH3 is 1. The fourth-order valence-corrected chi connectivity index (χ4v) is 7.39. The summed E-state index contributed by atoms with van der Waals surface area (Å²) in [7, 11) is 3.50. The summed E-state index contributed by atoms with van der Waals surface area (Å²) in [5.41, 5.74) is 1.28. The molecule has 36 heavy (non-hydrogen) atoms. The van der Waals surface area contributed by atoms with Crippen LogP contribution in [0.2, 0.25) is 0 Å². The fourth-order valence-electron chi connectivity index (χ4n) is 5.83. The van der Waals surface area contributed by atoms with E-state index in [2.05, 4.69) is 11.9 Å². The van der Waals surface area contributed by atoms with Gasteiger partial charge in [0.25, 0.3) is 0 Å². The van der Waals surface area contributed by atoms with E-state index in [1.54, 1.807) is 40.1 Å². The molecule has 2 aliphatic rings. The van der Waals surface area contributed by atoms with Crippen LogP contribution in [-0.2, 0) is 19.6 Å². The van der Waals surface area contributed by atoms with Crippen molar-refractivity contribution in [2.45, 2.75) is 63.3 Å². The lowest BCUT2D eigenvalue weighted by molar-refractivity contribution is -0.137.